The Kier molecular flexibility index (Phi) is 24.2. The summed E-state index contributed by atoms with van der Waals surface area (Å²) in [5, 5.41) is 14.1. The molecule has 16 aliphatic rings. The summed E-state index contributed by atoms with van der Waals surface area (Å²) in [5.74, 6) is 17.0. The van der Waals surface area contributed by atoms with Crippen LogP contribution in [-0.2, 0) is 28.2 Å². The van der Waals surface area contributed by atoms with Crippen molar-refractivity contribution < 1.29 is 62.3 Å². The molecule has 101 heavy (non-hydrogen) atoms. The molecule has 0 heterocycles. The predicted octanol–water partition coefficient (Wildman–Crippen LogP) is 19.5. The van der Waals surface area contributed by atoms with Crippen LogP contribution in [-0.4, -0.2) is 48.8 Å². The minimum absolute atomic E-state index is 0. The van der Waals surface area contributed by atoms with Gasteiger partial charge in [0, 0.05) is 69.0 Å². The zero-order valence-corrected chi connectivity index (χ0v) is 68.3. The van der Waals surface area contributed by atoms with Crippen molar-refractivity contribution in [2.45, 2.75) is 324 Å². The van der Waals surface area contributed by atoms with E-state index < -0.39 is 9.05 Å². The number of halogens is 1. The van der Waals surface area contributed by atoms with E-state index in [9.17, 15) is 32.7 Å². The summed E-state index contributed by atoms with van der Waals surface area (Å²) in [7, 11) is 1.54. The average Bonchev–Trinajstić information content (AvgIpc) is 1.72. The zero-order chi connectivity index (χ0) is 71.9. The molecule has 0 spiro atoms. The molecule has 0 radical (unpaired) electrons. The van der Waals surface area contributed by atoms with Gasteiger partial charge >= 0.3 is 29.6 Å². The Labute approximate surface area is 636 Å². The number of rotatable bonds is 2. The van der Waals surface area contributed by atoms with Crippen molar-refractivity contribution >= 4 is 42.9 Å². The Hall–Kier alpha value is -2.28. The molecule has 1 aromatic rings. The van der Waals surface area contributed by atoms with Gasteiger partial charge in [0.15, 0.2) is 0 Å². The summed E-state index contributed by atoms with van der Waals surface area (Å²) in [6.45, 7) is 26.2. The number of fused-ring (bicyclic) bond motifs is 20. The molecule has 13 nitrogen and oxygen atoms in total. The van der Waals surface area contributed by atoms with Crippen LogP contribution in [0.1, 0.15) is 306 Å². The molecule has 0 unspecified atom stereocenters. The van der Waals surface area contributed by atoms with E-state index in [0.717, 1.165) is 177 Å². The van der Waals surface area contributed by atoms with Gasteiger partial charge in [0.1, 0.15) is 23.1 Å². The summed E-state index contributed by atoms with van der Waals surface area (Å²) in [4.78, 5) is 54.3. The van der Waals surface area contributed by atoms with Crippen LogP contribution in [0, 0.1) is 157 Å². The van der Waals surface area contributed by atoms with Crippen molar-refractivity contribution in [2.24, 2.45) is 155 Å². The van der Waals surface area contributed by atoms with Crippen molar-refractivity contribution in [3.05, 3.63) is 56.2 Å². The van der Waals surface area contributed by atoms with Crippen LogP contribution >= 0.6 is 10.7 Å². The van der Waals surface area contributed by atoms with Crippen molar-refractivity contribution in [3.8, 4) is 0 Å². The third-order valence-electron chi connectivity index (χ3n) is 35.5. The Morgan fingerprint density at radius 2 is 0.713 bits per heavy atom. The van der Waals surface area contributed by atoms with E-state index >= 15 is 0 Å². The van der Waals surface area contributed by atoms with Gasteiger partial charge in [-0.15, -0.1) is 0 Å². The van der Waals surface area contributed by atoms with Gasteiger partial charge in [-0.25, -0.2) is 8.42 Å². The van der Waals surface area contributed by atoms with Crippen LogP contribution in [0.3, 0.4) is 0 Å². The monoisotopic (exact) mass is 1440 g/mol. The van der Waals surface area contributed by atoms with Gasteiger partial charge in [0.05, 0.1) is 11.0 Å². The number of benzene rings is 1. The maximum absolute atomic E-state index is 12.4. The van der Waals surface area contributed by atoms with Crippen LogP contribution in [0.4, 0.5) is 0 Å². The van der Waals surface area contributed by atoms with Gasteiger partial charge in [0.2, 0.25) is 0 Å². The molecule has 1 N–H and O–H groups in total. The normalized spacial score (nSPS) is 48.4. The zero-order valence-electron chi connectivity index (χ0n) is 64.7. The molecule has 0 saturated heterocycles. The molecule has 28 atom stereocenters. The quantitative estimate of drug-likeness (QED) is 0.0988. The smallest absolute Gasteiger partial charge is 0.393 e. The molecular formula is C85H130ClN6NaO7S. The van der Waals surface area contributed by atoms with E-state index in [4.69, 9.17) is 27.3 Å². The molecule has 17 rings (SSSR count). The molecule has 1 aromatic carbocycles. The van der Waals surface area contributed by atoms with E-state index in [1.165, 1.54) is 171 Å². The minimum Gasteiger partial charge on any atom is -0.393 e. The second kappa shape index (κ2) is 30.6. The third-order valence-corrected chi connectivity index (χ3v) is 36.9. The Balaban J connectivity index is 0.000000127. The number of nitrogens with zero attached hydrogens (tertiary/aromatic N) is 6. The van der Waals surface area contributed by atoms with Crippen LogP contribution < -0.4 is 29.6 Å². The van der Waals surface area contributed by atoms with Crippen molar-refractivity contribution in [1.29, 1.82) is 0 Å². The fourth-order valence-electron chi connectivity index (χ4n) is 29.4. The molecule has 556 valence electrons. The second-order valence-corrected chi connectivity index (χ2v) is 42.0. The first kappa shape index (κ1) is 79.8. The molecule has 16 heteroatoms. The predicted molar refractivity (Wildman–Crippen MR) is 398 cm³/mol. The third kappa shape index (κ3) is 14.5. The number of ketones is 4. The molecular weight excluding hydrogens is 1310 g/mol. The number of aryl methyl sites for hydroxylation is 1. The summed E-state index contributed by atoms with van der Waals surface area (Å²) >= 11 is 0. The molecule has 0 aromatic heterocycles. The summed E-state index contributed by atoms with van der Waals surface area (Å²) in [6.07, 6.45) is 44.1. The second-order valence-electron chi connectivity index (χ2n) is 39.5. The summed E-state index contributed by atoms with van der Waals surface area (Å²) in [6, 6.07) is 6.59. The van der Waals surface area contributed by atoms with E-state index in [1.807, 2.05) is 6.92 Å². The standard InChI is InChI=1S/2C20H32O.C19H29N3O.C19H30O2.C7H7ClO2S.N3.Na/c2*1-13-8-10-19(2)14(12-13)4-5-15-16-6-7-18(21)20(16,3)11-9-17(15)19;1-18-9-7-13(21-22-20)11-12(18)3-4-14-15-5-6-17(23)19(15,2)10-8-16(14)18;1-18-9-7-13(20)11-12(18)3-4-14-15-5-6-17(21)19(15,2)10-8-16(14)18;1-6-2-4-7(5-3-6)11(8,9)10;1-3-2;/h2*13-17H,4-12H2,1-3H3;12-16H,3-11H2,1-2H3;12-16,20H,3-11H2,1-2H3;2-5H,1H3;;/q;;;;;-1;+1/t13-,14+,15+,16+,17+,19+,20+;13-,14-,15-,16-,17-,19-,20-;12-,13+,14-,15-,16-,18-,19-;12-,13-,14-,15-,16-,18-,19-;;;/m1000.../s1. The van der Waals surface area contributed by atoms with Crippen LogP contribution in [0.5, 0.6) is 0 Å². The SMILES string of the molecule is C[C@@H]1CC[C@@]2(C)[C@@H](CC[C@@H]3[C@@H]2CC[C@]2(C)C(=O)CC[C@@H]32)C1.C[C@H]1CC[C@@]2(C)[C@@H](CC[C@@H]3[C@@H]2CC[C@]2(C)C(=O)CC[C@@H]32)C1.C[C@]12CC[C@@H](N=[N+]=[N-])C[C@@H]1CC[C@@H]1[C@@H]2CC[C@]2(C)C(=O)CC[C@@H]12.C[C@]12CC[C@H](O)C[C@@H]1CC[C@@H]1[C@@H]2CC[C@]2(C)C(=O)CC[C@@H]12.Cc1ccc(S(=O)(=O)Cl)cc1.[N-]=[N+]=[N-].[Na+]. The van der Waals surface area contributed by atoms with E-state index in [0.29, 0.717) is 56.6 Å². The van der Waals surface area contributed by atoms with Gasteiger partial charge in [-0.05, 0) is 345 Å². The molecule has 16 aliphatic carbocycles. The first-order chi connectivity index (χ1) is 47.2. The Morgan fingerprint density at radius 3 is 1.03 bits per heavy atom. The number of azide groups is 1. The molecule has 0 aliphatic heterocycles. The Morgan fingerprint density at radius 1 is 0.416 bits per heavy atom. The van der Waals surface area contributed by atoms with Crippen molar-refractivity contribution in [3.63, 3.8) is 0 Å². The summed E-state index contributed by atoms with van der Waals surface area (Å²) < 4.78 is 21.4. The van der Waals surface area contributed by atoms with Crippen molar-refractivity contribution in [2.75, 3.05) is 0 Å². The average molecular weight is 1440 g/mol. The van der Waals surface area contributed by atoms with Gasteiger partial charge in [-0.2, -0.15) is 0 Å². The maximum Gasteiger partial charge on any atom is 1.00 e. The minimum atomic E-state index is -3.55. The molecule has 16 saturated carbocycles. The van der Waals surface area contributed by atoms with E-state index in [2.05, 4.69) is 79.3 Å². The molecule has 16 fully saturated rings. The van der Waals surface area contributed by atoms with Crippen molar-refractivity contribution in [1.82, 2.24) is 0 Å². The van der Waals surface area contributed by atoms with Crippen LogP contribution in [0.15, 0.2) is 34.3 Å². The topological polar surface area (TPSA) is 230 Å². The van der Waals surface area contributed by atoms with Gasteiger partial charge in [0.25, 0.3) is 9.05 Å². The van der Waals surface area contributed by atoms with Gasteiger partial charge in [-0.3, -0.25) is 24.1 Å². The van der Waals surface area contributed by atoms with E-state index in [1.54, 1.807) is 12.1 Å². The number of hydrogen-bond donors (Lipinski definition) is 1. The first-order valence-corrected chi connectivity index (χ1v) is 43.4. The fraction of sp³-hybridized carbons (Fsp3) is 0.882. The Bertz CT molecular complexity index is 3200. The largest absolute Gasteiger partial charge is 1.00 e. The van der Waals surface area contributed by atoms with Gasteiger partial charge < -0.3 is 16.2 Å². The van der Waals surface area contributed by atoms with Crippen LogP contribution in [0.25, 0.3) is 26.4 Å². The number of aliphatic hydroxyl groups is 1. The number of aliphatic hydroxyl groups excluding tert-OH is 1. The molecule has 0 amide bonds. The number of Topliss-reactive ketones (excluding diaryl/α,β-unsaturated/α-hetero) is 4. The molecule has 0 bridgehead atoms. The van der Waals surface area contributed by atoms with E-state index in [-0.39, 0.29) is 68.3 Å². The number of hydrogen-bond acceptors (Lipinski definition) is 8. The number of carbonyl (C=O) groups is 4. The van der Waals surface area contributed by atoms with Crippen LogP contribution in [0.2, 0.25) is 0 Å². The van der Waals surface area contributed by atoms with Gasteiger partial charge in [-0.1, -0.05) is 105 Å². The first-order valence-electron chi connectivity index (χ1n) is 41.1. The fourth-order valence-corrected chi connectivity index (χ4v) is 30.1. The summed E-state index contributed by atoms with van der Waals surface area (Å²) in [5.41, 5.74) is 25.4. The number of carbonyl (C=O) groups excluding carboxylic acids is 4. The maximum atomic E-state index is 12.4.